The van der Waals surface area contributed by atoms with Crippen molar-refractivity contribution in [3.8, 4) is 0 Å². The van der Waals surface area contributed by atoms with Crippen molar-refractivity contribution in [2.75, 3.05) is 6.61 Å². The molecule has 0 amide bonds. The van der Waals surface area contributed by atoms with Gasteiger partial charge < -0.3 is 10.2 Å². The number of aliphatic hydroxyl groups is 1. The molecule has 0 fully saturated rings. The Bertz CT molecular complexity index is 567. The molecule has 0 aliphatic carbocycles. The Morgan fingerprint density at radius 2 is 1.95 bits per heavy atom. The van der Waals surface area contributed by atoms with Crippen LogP contribution in [0.4, 0.5) is 0 Å². The highest BCUT2D eigenvalue weighted by Crippen LogP contribution is 2.15. The van der Waals surface area contributed by atoms with E-state index in [-0.39, 0.29) is 11.3 Å². The molecule has 0 bridgehead atoms. The van der Waals surface area contributed by atoms with E-state index < -0.39 is 28.6 Å². The van der Waals surface area contributed by atoms with Crippen LogP contribution in [0.1, 0.15) is 17.5 Å². The topological polar surface area (TPSA) is 104 Å². The van der Waals surface area contributed by atoms with Gasteiger partial charge >= 0.3 is 5.97 Å². The van der Waals surface area contributed by atoms with Crippen LogP contribution < -0.4 is 4.72 Å². The summed E-state index contributed by atoms with van der Waals surface area (Å²) in [7, 11) is -3.91. The second-order valence-corrected chi connectivity index (χ2v) is 5.98. The average Bonchev–Trinajstić information content (AvgIpc) is 2.31. The number of carboxylic acid groups (broad SMARTS) is 1. The number of carboxylic acids is 1. The van der Waals surface area contributed by atoms with Gasteiger partial charge in [0.15, 0.2) is 0 Å². The first-order valence-electron chi connectivity index (χ1n) is 5.71. The lowest BCUT2D eigenvalue weighted by Crippen LogP contribution is -2.41. The molecule has 0 aliphatic heterocycles. The van der Waals surface area contributed by atoms with Crippen molar-refractivity contribution in [1.29, 1.82) is 0 Å². The summed E-state index contributed by atoms with van der Waals surface area (Å²) < 4.78 is 26.1. The normalized spacial score (nSPS) is 13.2. The SMILES string of the molecule is Cc1ccc(S(=O)(=O)N[C@H](CCO)C(=O)O)cc1C. The molecule has 1 aromatic rings. The summed E-state index contributed by atoms with van der Waals surface area (Å²) in [4.78, 5) is 10.9. The Hall–Kier alpha value is -1.44. The van der Waals surface area contributed by atoms with E-state index in [0.29, 0.717) is 0 Å². The van der Waals surface area contributed by atoms with Crippen LogP contribution in [-0.2, 0) is 14.8 Å². The third kappa shape index (κ3) is 4.02. The Morgan fingerprint density at radius 3 is 2.42 bits per heavy atom. The van der Waals surface area contributed by atoms with Crippen molar-refractivity contribution in [3.05, 3.63) is 29.3 Å². The first-order valence-corrected chi connectivity index (χ1v) is 7.19. The number of nitrogens with one attached hydrogen (secondary N) is 1. The average molecular weight is 287 g/mol. The maximum absolute atomic E-state index is 12.0. The van der Waals surface area contributed by atoms with E-state index in [1.165, 1.54) is 12.1 Å². The zero-order valence-corrected chi connectivity index (χ0v) is 11.6. The van der Waals surface area contributed by atoms with Crippen LogP contribution in [0, 0.1) is 13.8 Å². The lowest BCUT2D eigenvalue weighted by atomic mass is 10.1. The predicted molar refractivity (Wildman–Crippen MR) is 69.4 cm³/mol. The first kappa shape index (κ1) is 15.6. The molecule has 1 aromatic carbocycles. The minimum atomic E-state index is -3.91. The molecule has 6 nitrogen and oxygen atoms in total. The highest BCUT2D eigenvalue weighted by molar-refractivity contribution is 7.89. The molecule has 7 heteroatoms. The molecule has 0 aromatic heterocycles. The maximum Gasteiger partial charge on any atom is 0.321 e. The Kier molecular flexibility index (Phi) is 5.04. The van der Waals surface area contributed by atoms with Crippen LogP contribution >= 0.6 is 0 Å². The molecule has 1 rings (SSSR count). The summed E-state index contributed by atoms with van der Waals surface area (Å²) in [6.07, 6.45) is -0.181. The molecule has 0 radical (unpaired) electrons. The summed E-state index contributed by atoms with van der Waals surface area (Å²) >= 11 is 0. The van der Waals surface area contributed by atoms with E-state index in [0.717, 1.165) is 11.1 Å². The molecule has 0 aliphatic rings. The third-order valence-corrected chi connectivity index (χ3v) is 4.27. The molecular weight excluding hydrogens is 270 g/mol. The van der Waals surface area contributed by atoms with Gasteiger partial charge in [-0.3, -0.25) is 4.79 Å². The summed E-state index contributed by atoms with van der Waals surface area (Å²) in [6, 6.07) is 3.22. The lowest BCUT2D eigenvalue weighted by Gasteiger charge is -2.14. The van der Waals surface area contributed by atoms with E-state index in [1.54, 1.807) is 13.0 Å². The lowest BCUT2D eigenvalue weighted by molar-refractivity contribution is -0.139. The molecule has 19 heavy (non-hydrogen) atoms. The van der Waals surface area contributed by atoms with Gasteiger partial charge in [-0.1, -0.05) is 6.07 Å². The van der Waals surface area contributed by atoms with Crippen molar-refractivity contribution in [2.24, 2.45) is 0 Å². The van der Waals surface area contributed by atoms with Gasteiger partial charge in [-0.15, -0.1) is 0 Å². The van der Waals surface area contributed by atoms with Gasteiger partial charge in [0.05, 0.1) is 4.90 Å². The molecule has 0 saturated heterocycles. The van der Waals surface area contributed by atoms with Crippen molar-refractivity contribution in [3.63, 3.8) is 0 Å². The monoisotopic (exact) mass is 287 g/mol. The number of hydrogen-bond donors (Lipinski definition) is 3. The zero-order valence-electron chi connectivity index (χ0n) is 10.8. The fourth-order valence-corrected chi connectivity index (χ4v) is 2.81. The van der Waals surface area contributed by atoms with Crippen LogP contribution in [0.15, 0.2) is 23.1 Å². The molecular formula is C12H17NO5S. The van der Waals surface area contributed by atoms with E-state index in [4.69, 9.17) is 10.2 Å². The van der Waals surface area contributed by atoms with Crippen LogP contribution in [-0.4, -0.2) is 37.2 Å². The minimum Gasteiger partial charge on any atom is -0.480 e. The molecule has 0 saturated carbocycles. The van der Waals surface area contributed by atoms with Gasteiger partial charge in [-0.2, -0.15) is 4.72 Å². The van der Waals surface area contributed by atoms with Crippen LogP contribution in [0.5, 0.6) is 0 Å². The number of aryl methyl sites for hydroxylation is 2. The summed E-state index contributed by atoms with van der Waals surface area (Å²) in [5.74, 6) is -1.32. The Morgan fingerprint density at radius 1 is 1.32 bits per heavy atom. The zero-order chi connectivity index (χ0) is 14.6. The molecule has 3 N–H and O–H groups in total. The standard InChI is InChI=1S/C12H17NO5S/c1-8-3-4-10(7-9(8)2)19(17,18)13-11(5-6-14)12(15)16/h3-4,7,11,13-14H,5-6H2,1-2H3,(H,15,16)/t11-/m1/s1. The van der Waals surface area contributed by atoms with Gasteiger partial charge in [0.2, 0.25) is 10.0 Å². The fourth-order valence-electron chi connectivity index (χ4n) is 1.50. The summed E-state index contributed by atoms with van der Waals surface area (Å²) in [6.45, 7) is 3.22. The molecule has 106 valence electrons. The van der Waals surface area contributed by atoms with Crippen LogP contribution in [0.25, 0.3) is 0 Å². The van der Waals surface area contributed by atoms with Crippen molar-refractivity contribution in [1.82, 2.24) is 4.72 Å². The number of hydrogen-bond acceptors (Lipinski definition) is 4. The van der Waals surface area contributed by atoms with E-state index >= 15 is 0 Å². The highest BCUT2D eigenvalue weighted by atomic mass is 32.2. The van der Waals surface area contributed by atoms with E-state index in [2.05, 4.69) is 4.72 Å². The number of aliphatic hydroxyl groups excluding tert-OH is 1. The van der Waals surface area contributed by atoms with Crippen molar-refractivity contribution >= 4 is 16.0 Å². The number of carbonyl (C=O) groups is 1. The first-order chi connectivity index (χ1) is 8.77. The smallest absolute Gasteiger partial charge is 0.321 e. The van der Waals surface area contributed by atoms with Gasteiger partial charge in [-0.25, -0.2) is 8.42 Å². The Balaban J connectivity index is 3.03. The van der Waals surface area contributed by atoms with Crippen LogP contribution in [0.2, 0.25) is 0 Å². The number of rotatable bonds is 6. The molecule has 1 atom stereocenters. The number of sulfonamides is 1. The molecule has 0 heterocycles. The molecule has 0 unspecified atom stereocenters. The predicted octanol–water partition coefficient (Wildman–Crippen LogP) is 0.417. The fraction of sp³-hybridized carbons (Fsp3) is 0.417. The second-order valence-electron chi connectivity index (χ2n) is 4.27. The van der Waals surface area contributed by atoms with Gasteiger partial charge in [0.1, 0.15) is 6.04 Å². The maximum atomic E-state index is 12.0. The Labute approximate surface area is 112 Å². The van der Waals surface area contributed by atoms with Gasteiger partial charge in [0.25, 0.3) is 0 Å². The molecule has 0 spiro atoms. The number of benzene rings is 1. The van der Waals surface area contributed by atoms with E-state index in [9.17, 15) is 13.2 Å². The largest absolute Gasteiger partial charge is 0.480 e. The third-order valence-electron chi connectivity index (χ3n) is 2.80. The summed E-state index contributed by atoms with van der Waals surface area (Å²) in [5, 5.41) is 17.6. The number of aliphatic carboxylic acids is 1. The van der Waals surface area contributed by atoms with Gasteiger partial charge in [0, 0.05) is 6.61 Å². The minimum absolute atomic E-state index is 0.0137. The quantitative estimate of drug-likeness (QED) is 0.703. The summed E-state index contributed by atoms with van der Waals surface area (Å²) in [5.41, 5.74) is 1.75. The van der Waals surface area contributed by atoms with Crippen molar-refractivity contribution < 1.29 is 23.4 Å². The second kappa shape index (κ2) is 6.14. The van der Waals surface area contributed by atoms with E-state index in [1.807, 2.05) is 6.92 Å². The van der Waals surface area contributed by atoms with Crippen LogP contribution in [0.3, 0.4) is 0 Å². The van der Waals surface area contributed by atoms with Crippen molar-refractivity contribution in [2.45, 2.75) is 31.2 Å². The highest BCUT2D eigenvalue weighted by Gasteiger charge is 2.25. The van der Waals surface area contributed by atoms with Gasteiger partial charge in [-0.05, 0) is 43.5 Å².